The number of amides is 2. The number of esters is 1. The highest BCUT2D eigenvalue weighted by atomic mass is 16.5. The van der Waals surface area contributed by atoms with Crippen LogP contribution in [0, 0.1) is 0 Å². The first kappa shape index (κ1) is 20.8. The van der Waals surface area contributed by atoms with E-state index >= 15 is 0 Å². The van der Waals surface area contributed by atoms with E-state index in [9.17, 15) is 14.4 Å². The van der Waals surface area contributed by atoms with Crippen LogP contribution in [0.4, 0.5) is 5.69 Å². The Hall–Kier alpha value is -3.55. The summed E-state index contributed by atoms with van der Waals surface area (Å²) in [6.45, 7) is 1.61. The highest BCUT2D eigenvalue weighted by Crippen LogP contribution is 2.27. The third-order valence-electron chi connectivity index (χ3n) is 3.76. The molecule has 28 heavy (non-hydrogen) atoms. The minimum absolute atomic E-state index is 0.187. The lowest BCUT2D eigenvalue weighted by Crippen LogP contribution is -2.33. The van der Waals surface area contributed by atoms with Gasteiger partial charge in [0.15, 0.2) is 0 Å². The number of carbonyl (C=O) groups is 3. The zero-order chi connectivity index (χ0) is 20.5. The molecule has 0 aliphatic heterocycles. The van der Waals surface area contributed by atoms with Gasteiger partial charge in [0, 0.05) is 0 Å². The molecule has 8 heteroatoms. The van der Waals surface area contributed by atoms with Crippen LogP contribution < -0.4 is 20.1 Å². The topological polar surface area (TPSA) is 103 Å². The molecule has 0 bridgehead atoms. The molecule has 2 N–H and O–H groups in total. The molecule has 0 heterocycles. The summed E-state index contributed by atoms with van der Waals surface area (Å²) < 4.78 is 15.3. The predicted molar refractivity (Wildman–Crippen MR) is 103 cm³/mol. The van der Waals surface area contributed by atoms with Crippen LogP contribution in [0.25, 0.3) is 0 Å². The molecule has 0 radical (unpaired) electrons. The molecule has 2 rings (SSSR count). The number of benzene rings is 2. The summed E-state index contributed by atoms with van der Waals surface area (Å²) >= 11 is 0. The maximum atomic E-state index is 12.5. The number of carbonyl (C=O) groups excluding carboxylic acids is 3. The number of ether oxygens (including phenoxy) is 3. The number of para-hydroxylation sites is 1. The Kier molecular flexibility index (Phi) is 7.38. The number of anilines is 1. The van der Waals surface area contributed by atoms with Crippen molar-refractivity contribution in [2.45, 2.75) is 6.92 Å². The van der Waals surface area contributed by atoms with E-state index in [1.807, 2.05) is 0 Å². The second kappa shape index (κ2) is 9.96. The molecule has 0 saturated heterocycles. The van der Waals surface area contributed by atoms with E-state index in [0.29, 0.717) is 17.2 Å². The fourth-order valence-electron chi connectivity index (χ4n) is 2.50. The molecular formula is C20H22N2O6. The number of rotatable bonds is 8. The van der Waals surface area contributed by atoms with E-state index < -0.39 is 17.8 Å². The van der Waals surface area contributed by atoms with Crippen LogP contribution in [0.5, 0.6) is 11.5 Å². The van der Waals surface area contributed by atoms with Crippen molar-refractivity contribution in [3.8, 4) is 11.5 Å². The zero-order valence-corrected chi connectivity index (χ0v) is 15.9. The molecule has 0 aliphatic carbocycles. The quantitative estimate of drug-likeness (QED) is 0.675. The summed E-state index contributed by atoms with van der Waals surface area (Å²) in [7, 11) is 2.87. The average molecular weight is 386 g/mol. The number of hydrogen-bond donors (Lipinski definition) is 2. The lowest BCUT2D eigenvalue weighted by Gasteiger charge is -2.13. The molecule has 2 aromatic rings. The molecule has 148 valence electrons. The number of hydrogen-bond acceptors (Lipinski definition) is 6. The third-order valence-corrected chi connectivity index (χ3v) is 3.76. The fourth-order valence-corrected chi connectivity index (χ4v) is 2.50. The van der Waals surface area contributed by atoms with Gasteiger partial charge in [0.25, 0.3) is 5.91 Å². The van der Waals surface area contributed by atoms with E-state index in [4.69, 9.17) is 14.2 Å². The van der Waals surface area contributed by atoms with E-state index in [1.165, 1.54) is 14.2 Å². The van der Waals surface area contributed by atoms with E-state index in [1.54, 1.807) is 49.4 Å². The van der Waals surface area contributed by atoms with Crippen molar-refractivity contribution < 1.29 is 28.6 Å². The van der Waals surface area contributed by atoms with Crippen molar-refractivity contribution in [1.82, 2.24) is 5.32 Å². The Morgan fingerprint density at radius 1 is 0.929 bits per heavy atom. The first-order valence-corrected chi connectivity index (χ1v) is 8.57. The van der Waals surface area contributed by atoms with Gasteiger partial charge in [-0.25, -0.2) is 4.79 Å². The Bertz CT molecular complexity index is 843. The Morgan fingerprint density at radius 3 is 2.18 bits per heavy atom. The summed E-state index contributed by atoms with van der Waals surface area (Å²) in [6.07, 6.45) is 0. The summed E-state index contributed by atoms with van der Waals surface area (Å²) in [5, 5.41) is 5.11. The Balaban J connectivity index is 2.06. The van der Waals surface area contributed by atoms with E-state index in [2.05, 4.69) is 10.6 Å². The summed E-state index contributed by atoms with van der Waals surface area (Å²) in [4.78, 5) is 36.7. The van der Waals surface area contributed by atoms with Crippen LogP contribution in [0.2, 0.25) is 0 Å². The third kappa shape index (κ3) is 5.00. The van der Waals surface area contributed by atoms with Crippen LogP contribution in [-0.4, -0.2) is 45.2 Å². The second-order valence-corrected chi connectivity index (χ2v) is 5.53. The van der Waals surface area contributed by atoms with Gasteiger partial charge < -0.3 is 24.8 Å². The zero-order valence-electron chi connectivity index (χ0n) is 15.9. The molecule has 0 fully saturated rings. The molecule has 0 atom stereocenters. The van der Waals surface area contributed by atoms with Crippen molar-refractivity contribution in [2.24, 2.45) is 0 Å². The fraction of sp³-hybridized carbons (Fsp3) is 0.250. The molecule has 0 unspecified atom stereocenters. The first-order chi connectivity index (χ1) is 13.5. The Morgan fingerprint density at radius 2 is 1.57 bits per heavy atom. The smallest absolute Gasteiger partial charge is 0.340 e. The molecule has 2 aromatic carbocycles. The lowest BCUT2D eigenvalue weighted by molar-refractivity contribution is -0.115. The molecule has 0 spiro atoms. The molecule has 0 aromatic heterocycles. The van der Waals surface area contributed by atoms with Crippen molar-refractivity contribution in [3.05, 3.63) is 53.6 Å². The van der Waals surface area contributed by atoms with Gasteiger partial charge in [0.1, 0.15) is 17.1 Å². The van der Waals surface area contributed by atoms with Gasteiger partial charge in [-0.05, 0) is 31.2 Å². The summed E-state index contributed by atoms with van der Waals surface area (Å²) in [5.41, 5.74) is 0.720. The normalized spacial score (nSPS) is 9.96. The van der Waals surface area contributed by atoms with Crippen LogP contribution in [-0.2, 0) is 9.53 Å². The molecule has 8 nitrogen and oxygen atoms in total. The van der Waals surface area contributed by atoms with Gasteiger partial charge in [0.2, 0.25) is 5.91 Å². The number of nitrogens with one attached hydrogen (secondary N) is 2. The number of methoxy groups -OCH3 is 2. The summed E-state index contributed by atoms with van der Waals surface area (Å²) in [5.74, 6) is -0.918. The Labute approximate surface area is 162 Å². The van der Waals surface area contributed by atoms with Crippen molar-refractivity contribution in [2.75, 3.05) is 32.7 Å². The van der Waals surface area contributed by atoms with Crippen LogP contribution >= 0.6 is 0 Å². The highest BCUT2D eigenvalue weighted by molar-refractivity contribution is 6.05. The van der Waals surface area contributed by atoms with Crippen LogP contribution in [0.3, 0.4) is 0 Å². The monoisotopic (exact) mass is 386 g/mol. The van der Waals surface area contributed by atoms with Gasteiger partial charge in [-0.15, -0.1) is 0 Å². The molecule has 0 saturated carbocycles. The van der Waals surface area contributed by atoms with Gasteiger partial charge in [-0.2, -0.15) is 0 Å². The van der Waals surface area contributed by atoms with Crippen molar-refractivity contribution in [3.63, 3.8) is 0 Å². The summed E-state index contributed by atoms with van der Waals surface area (Å²) in [6, 6.07) is 11.4. The van der Waals surface area contributed by atoms with Crippen LogP contribution in [0.1, 0.15) is 27.6 Å². The maximum absolute atomic E-state index is 12.5. The van der Waals surface area contributed by atoms with Crippen molar-refractivity contribution >= 4 is 23.5 Å². The van der Waals surface area contributed by atoms with E-state index in [0.717, 1.165) is 0 Å². The average Bonchev–Trinajstić information content (AvgIpc) is 2.71. The molecular weight excluding hydrogens is 364 g/mol. The van der Waals surface area contributed by atoms with Gasteiger partial charge in [-0.1, -0.05) is 18.2 Å². The van der Waals surface area contributed by atoms with Gasteiger partial charge in [-0.3, -0.25) is 9.59 Å². The van der Waals surface area contributed by atoms with E-state index in [-0.39, 0.29) is 24.3 Å². The van der Waals surface area contributed by atoms with Gasteiger partial charge >= 0.3 is 5.97 Å². The minimum Gasteiger partial charge on any atom is -0.496 e. The van der Waals surface area contributed by atoms with Gasteiger partial charge in [0.05, 0.1) is 38.6 Å². The largest absolute Gasteiger partial charge is 0.496 e. The second-order valence-electron chi connectivity index (χ2n) is 5.53. The maximum Gasteiger partial charge on any atom is 0.340 e. The molecule has 2 amide bonds. The highest BCUT2D eigenvalue weighted by Gasteiger charge is 2.19. The minimum atomic E-state index is -0.541. The standard InChI is InChI=1S/C20H22N2O6/c1-4-28-20(25)13-8-5-6-9-14(13)22-17(23)12-21-19(24)18-15(26-2)10-7-11-16(18)27-3/h5-11H,4,12H2,1-3H3,(H,21,24)(H,22,23). The SMILES string of the molecule is CCOC(=O)c1ccccc1NC(=O)CNC(=O)c1c(OC)cccc1OC. The molecule has 0 aliphatic rings. The predicted octanol–water partition coefficient (Wildman–Crippen LogP) is 2.25. The van der Waals surface area contributed by atoms with Crippen LogP contribution in [0.15, 0.2) is 42.5 Å². The first-order valence-electron chi connectivity index (χ1n) is 8.57. The lowest BCUT2D eigenvalue weighted by atomic mass is 10.1. The van der Waals surface area contributed by atoms with Crippen molar-refractivity contribution in [1.29, 1.82) is 0 Å².